The highest BCUT2D eigenvalue weighted by Gasteiger charge is 2.44. The minimum atomic E-state index is -3.79. The van der Waals surface area contributed by atoms with Crippen molar-refractivity contribution in [2.45, 2.75) is 37.2 Å². The van der Waals surface area contributed by atoms with Gasteiger partial charge in [0, 0.05) is 12.5 Å². The summed E-state index contributed by atoms with van der Waals surface area (Å²) in [5.41, 5.74) is 0.244. The molecule has 0 radical (unpaired) electrons. The number of rotatable bonds is 8. The van der Waals surface area contributed by atoms with Gasteiger partial charge in [0.15, 0.2) is 11.6 Å². The lowest BCUT2D eigenvalue weighted by atomic mass is 9.74. The van der Waals surface area contributed by atoms with Crippen molar-refractivity contribution in [2.75, 3.05) is 27.0 Å². The molecule has 2 aromatic rings. The summed E-state index contributed by atoms with van der Waals surface area (Å²) in [5, 5.41) is 3.12. The molecule has 28 heavy (non-hydrogen) atoms. The van der Waals surface area contributed by atoms with Gasteiger partial charge in [-0.2, -0.15) is 8.42 Å². The number of methoxy groups -OCH3 is 1. The van der Waals surface area contributed by atoms with E-state index in [0.717, 1.165) is 24.0 Å². The second-order valence-electron chi connectivity index (χ2n) is 7.25. The van der Waals surface area contributed by atoms with Crippen LogP contribution < -0.4 is 10.1 Å². The largest absolute Gasteiger partial charge is 0.494 e. The van der Waals surface area contributed by atoms with Gasteiger partial charge in [0.1, 0.15) is 11.4 Å². The van der Waals surface area contributed by atoms with Gasteiger partial charge in [0.05, 0.1) is 19.6 Å². The zero-order valence-corrected chi connectivity index (χ0v) is 17.1. The third kappa shape index (κ3) is 4.39. The first kappa shape index (κ1) is 20.8. The second kappa shape index (κ2) is 8.23. The Hall–Kier alpha value is -1.90. The Kier molecular flexibility index (Phi) is 6.12. The third-order valence-corrected chi connectivity index (χ3v) is 5.80. The van der Waals surface area contributed by atoms with E-state index >= 15 is 0 Å². The van der Waals surface area contributed by atoms with E-state index in [1.807, 2.05) is 13.1 Å². The van der Waals surface area contributed by atoms with Gasteiger partial charge in [-0.15, -0.1) is 0 Å². The summed E-state index contributed by atoms with van der Waals surface area (Å²) in [4.78, 5) is 0. The van der Waals surface area contributed by atoms with Crippen molar-refractivity contribution in [3.8, 4) is 5.75 Å². The summed E-state index contributed by atoms with van der Waals surface area (Å²) in [6.07, 6.45) is 4.86. The van der Waals surface area contributed by atoms with Crippen LogP contribution in [0.1, 0.15) is 42.1 Å². The van der Waals surface area contributed by atoms with Gasteiger partial charge >= 0.3 is 0 Å². The lowest BCUT2D eigenvalue weighted by Gasteiger charge is -2.40. The van der Waals surface area contributed by atoms with E-state index in [2.05, 4.69) is 5.32 Å². The summed E-state index contributed by atoms with van der Waals surface area (Å²) in [6, 6.07) is 6.65. The number of likely N-dealkylation sites (N-methyl/N-ethyl adjacent to an activating group) is 1. The zero-order chi connectivity index (χ0) is 20.4. The van der Waals surface area contributed by atoms with Crippen molar-refractivity contribution in [2.24, 2.45) is 0 Å². The van der Waals surface area contributed by atoms with E-state index in [1.165, 1.54) is 13.2 Å². The molecular formula is C20H26FNO5S. The van der Waals surface area contributed by atoms with Crippen molar-refractivity contribution in [1.82, 2.24) is 5.32 Å². The maximum absolute atomic E-state index is 14.6. The number of halogens is 1. The van der Waals surface area contributed by atoms with Crippen LogP contribution in [0.4, 0.5) is 4.39 Å². The van der Waals surface area contributed by atoms with Gasteiger partial charge in [0.25, 0.3) is 10.1 Å². The lowest BCUT2D eigenvalue weighted by molar-refractivity contribution is 0.0362. The molecule has 154 valence electrons. The summed E-state index contributed by atoms with van der Waals surface area (Å²) in [7, 11) is -0.558. The highest BCUT2D eigenvalue weighted by Crippen LogP contribution is 2.47. The van der Waals surface area contributed by atoms with Crippen LogP contribution in [-0.4, -0.2) is 35.4 Å². The Morgan fingerprint density at radius 2 is 2.18 bits per heavy atom. The summed E-state index contributed by atoms with van der Waals surface area (Å²) >= 11 is 0. The molecule has 6 nitrogen and oxygen atoms in total. The van der Waals surface area contributed by atoms with Gasteiger partial charge in [0.2, 0.25) is 0 Å². The van der Waals surface area contributed by atoms with E-state index in [0.29, 0.717) is 31.4 Å². The fourth-order valence-corrected chi connectivity index (χ4v) is 4.97. The summed E-state index contributed by atoms with van der Waals surface area (Å²) in [5.74, 6) is 0.198. The average Bonchev–Trinajstić information content (AvgIpc) is 3.15. The van der Waals surface area contributed by atoms with Gasteiger partial charge in [-0.25, -0.2) is 4.39 Å². The van der Waals surface area contributed by atoms with Crippen LogP contribution in [-0.2, 0) is 26.3 Å². The van der Waals surface area contributed by atoms with E-state index < -0.39 is 21.5 Å². The molecule has 1 heterocycles. The first-order valence-electron chi connectivity index (χ1n) is 9.23. The van der Waals surface area contributed by atoms with Gasteiger partial charge in [-0.05, 0) is 68.1 Å². The molecule has 0 fully saturated rings. The van der Waals surface area contributed by atoms with Gasteiger partial charge < -0.3 is 14.5 Å². The van der Waals surface area contributed by atoms with Crippen LogP contribution in [0.2, 0.25) is 0 Å². The van der Waals surface area contributed by atoms with Crippen molar-refractivity contribution in [3.05, 3.63) is 53.2 Å². The topological polar surface area (TPSA) is 77.8 Å². The van der Waals surface area contributed by atoms with Crippen LogP contribution in [0.25, 0.3) is 0 Å². The molecule has 0 spiro atoms. The smallest absolute Gasteiger partial charge is 0.265 e. The van der Waals surface area contributed by atoms with Crippen molar-refractivity contribution >= 4 is 10.1 Å². The van der Waals surface area contributed by atoms with Crippen LogP contribution in [0.15, 0.2) is 34.9 Å². The zero-order valence-electron chi connectivity index (χ0n) is 16.3. The quantitative estimate of drug-likeness (QED) is 0.672. The van der Waals surface area contributed by atoms with E-state index in [9.17, 15) is 12.8 Å². The second-order valence-corrected chi connectivity index (χ2v) is 8.83. The molecule has 1 N–H and O–H groups in total. The standard InChI is InChI=1S/C20H26FNO5S/c1-22-13-15(18-7-5-9-26-18)12-20(27-28(3,23)24)8-4-6-14-10-19(25-2)17(21)11-16(14)20/h5,7,9-11,15,22H,4,6,8,12-13H2,1-3H3. The maximum atomic E-state index is 14.6. The summed E-state index contributed by atoms with van der Waals surface area (Å²) < 4.78 is 55.3. The Labute approximate surface area is 165 Å². The Morgan fingerprint density at radius 3 is 2.79 bits per heavy atom. The number of furan rings is 1. The number of benzene rings is 1. The Bertz CT molecular complexity index is 913. The molecule has 1 aromatic heterocycles. The van der Waals surface area contributed by atoms with Crippen molar-refractivity contribution < 1.29 is 26.1 Å². The molecule has 8 heteroatoms. The molecule has 0 bridgehead atoms. The maximum Gasteiger partial charge on any atom is 0.265 e. The predicted molar refractivity (Wildman–Crippen MR) is 103 cm³/mol. The number of hydrogen-bond acceptors (Lipinski definition) is 6. The molecule has 1 aliphatic carbocycles. The van der Waals surface area contributed by atoms with Crippen LogP contribution in [0.3, 0.4) is 0 Å². The van der Waals surface area contributed by atoms with Crippen LogP contribution in [0.5, 0.6) is 5.75 Å². The number of hydrogen-bond donors (Lipinski definition) is 1. The first-order valence-corrected chi connectivity index (χ1v) is 11.0. The van der Waals surface area contributed by atoms with Gasteiger partial charge in [-0.1, -0.05) is 0 Å². The lowest BCUT2D eigenvalue weighted by Crippen LogP contribution is -2.39. The van der Waals surface area contributed by atoms with E-state index in [-0.39, 0.29) is 11.7 Å². The molecule has 0 saturated heterocycles. The Morgan fingerprint density at radius 1 is 1.39 bits per heavy atom. The number of nitrogens with one attached hydrogen (secondary N) is 1. The Balaban J connectivity index is 2.11. The normalized spacial score (nSPS) is 20.6. The van der Waals surface area contributed by atoms with E-state index in [1.54, 1.807) is 18.4 Å². The average molecular weight is 411 g/mol. The van der Waals surface area contributed by atoms with Crippen LogP contribution in [0, 0.1) is 5.82 Å². The molecule has 1 aliphatic rings. The molecular weight excluding hydrogens is 385 g/mol. The third-order valence-electron chi connectivity index (χ3n) is 5.18. The fourth-order valence-electron chi connectivity index (χ4n) is 4.15. The molecule has 0 saturated carbocycles. The minimum absolute atomic E-state index is 0.141. The van der Waals surface area contributed by atoms with E-state index in [4.69, 9.17) is 13.3 Å². The number of ether oxygens (including phenoxy) is 1. The molecule has 2 atom stereocenters. The predicted octanol–water partition coefficient (Wildman–Crippen LogP) is 3.33. The molecule has 1 aromatic carbocycles. The highest BCUT2D eigenvalue weighted by molar-refractivity contribution is 7.86. The van der Waals surface area contributed by atoms with Crippen molar-refractivity contribution in [1.29, 1.82) is 0 Å². The molecule has 0 amide bonds. The SMILES string of the molecule is CNCC(CC1(OS(C)(=O)=O)CCCc2cc(OC)c(F)cc21)c1ccco1. The number of fused-ring (bicyclic) bond motifs is 1. The molecule has 3 rings (SSSR count). The fraction of sp³-hybridized carbons (Fsp3) is 0.500. The first-order chi connectivity index (χ1) is 13.3. The number of aryl methyl sites for hydroxylation is 1. The highest BCUT2D eigenvalue weighted by atomic mass is 32.2. The molecule has 0 aliphatic heterocycles. The molecule has 2 unspecified atom stereocenters. The van der Waals surface area contributed by atoms with Gasteiger partial charge in [-0.3, -0.25) is 4.18 Å². The van der Waals surface area contributed by atoms with Crippen LogP contribution >= 0.6 is 0 Å². The monoisotopic (exact) mass is 411 g/mol. The summed E-state index contributed by atoms with van der Waals surface area (Å²) in [6.45, 7) is 0.566. The van der Waals surface area contributed by atoms with Crippen molar-refractivity contribution in [3.63, 3.8) is 0 Å². The minimum Gasteiger partial charge on any atom is -0.494 e.